The average Bonchev–Trinajstić information content (AvgIpc) is 2.22. The Morgan fingerprint density at radius 3 is 2.60 bits per heavy atom. The molecule has 88 valence electrons. The topological polar surface area (TPSA) is 29.1 Å². The van der Waals surface area contributed by atoms with Crippen LogP contribution in [0.5, 0.6) is 0 Å². The lowest BCUT2D eigenvalue weighted by Crippen LogP contribution is -2.52. The third-order valence-electron chi connectivity index (χ3n) is 3.17. The van der Waals surface area contributed by atoms with Crippen molar-refractivity contribution in [1.29, 1.82) is 0 Å². The fraction of sp³-hybridized carbons (Fsp3) is 0.909. The van der Waals surface area contributed by atoms with Crippen LogP contribution in [0.2, 0.25) is 0 Å². The molecule has 1 saturated carbocycles. The average molecular weight is 250 g/mol. The molecule has 0 saturated heterocycles. The summed E-state index contributed by atoms with van der Waals surface area (Å²) in [6, 6.07) is 0. The van der Waals surface area contributed by atoms with Crippen molar-refractivity contribution in [2.45, 2.75) is 38.1 Å². The smallest absolute Gasteiger partial charge is 0.230 e. The normalized spacial score (nSPS) is 31.3. The number of carbonyl (C=O) groups is 1. The number of alkyl halides is 1. The van der Waals surface area contributed by atoms with Gasteiger partial charge in [-0.3, -0.25) is 4.79 Å². The van der Waals surface area contributed by atoms with E-state index in [0.717, 1.165) is 18.8 Å². The molecule has 0 spiro atoms. The fourth-order valence-electron chi connectivity index (χ4n) is 2.07. The Morgan fingerprint density at radius 1 is 1.53 bits per heavy atom. The van der Waals surface area contributed by atoms with E-state index in [1.54, 1.807) is 11.8 Å². The molecule has 0 radical (unpaired) electrons. The largest absolute Gasteiger partial charge is 0.349 e. The highest BCUT2D eigenvalue weighted by molar-refractivity contribution is 7.99. The molecule has 0 aromatic carbocycles. The van der Waals surface area contributed by atoms with Gasteiger partial charge in [-0.05, 0) is 37.9 Å². The molecule has 0 aromatic rings. The van der Waals surface area contributed by atoms with E-state index >= 15 is 0 Å². The van der Waals surface area contributed by atoms with Crippen molar-refractivity contribution < 1.29 is 4.79 Å². The third-order valence-corrected chi connectivity index (χ3v) is 4.23. The zero-order valence-electron chi connectivity index (χ0n) is 9.51. The first kappa shape index (κ1) is 13.2. The summed E-state index contributed by atoms with van der Waals surface area (Å²) >= 11 is 7.56. The fourth-order valence-corrected chi connectivity index (χ4v) is 2.74. The van der Waals surface area contributed by atoms with Crippen molar-refractivity contribution in [3.63, 3.8) is 0 Å². The summed E-state index contributed by atoms with van der Waals surface area (Å²) < 4.78 is 0. The second kappa shape index (κ2) is 6.00. The van der Waals surface area contributed by atoms with Gasteiger partial charge in [-0.2, -0.15) is 11.8 Å². The SMILES string of the molecule is CSCC(=O)NC1(CCl)CCC(C)CC1. The van der Waals surface area contributed by atoms with Crippen molar-refractivity contribution in [2.75, 3.05) is 17.9 Å². The minimum absolute atomic E-state index is 0.123. The van der Waals surface area contributed by atoms with Crippen molar-refractivity contribution in [2.24, 2.45) is 5.92 Å². The van der Waals surface area contributed by atoms with Gasteiger partial charge in [0, 0.05) is 5.88 Å². The maximum atomic E-state index is 11.6. The molecular weight excluding hydrogens is 230 g/mol. The summed E-state index contributed by atoms with van der Waals surface area (Å²) in [5.74, 6) is 1.98. The molecule has 0 aliphatic heterocycles. The van der Waals surface area contributed by atoms with Crippen LogP contribution in [0.1, 0.15) is 32.6 Å². The Balaban J connectivity index is 2.49. The van der Waals surface area contributed by atoms with Crippen LogP contribution in [0.15, 0.2) is 0 Å². The highest BCUT2D eigenvalue weighted by Gasteiger charge is 2.34. The summed E-state index contributed by atoms with van der Waals surface area (Å²) in [6.45, 7) is 2.27. The standard InChI is InChI=1S/C11H20ClNOS/c1-9-3-5-11(8-12,6-4-9)13-10(14)7-15-2/h9H,3-8H2,1-2H3,(H,13,14). The molecule has 2 nitrogen and oxygen atoms in total. The van der Waals surface area contributed by atoms with E-state index < -0.39 is 0 Å². The minimum atomic E-state index is -0.124. The molecule has 1 aliphatic carbocycles. The summed E-state index contributed by atoms with van der Waals surface area (Å²) in [4.78, 5) is 11.6. The van der Waals surface area contributed by atoms with Gasteiger partial charge in [0.15, 0.2) is 0 Å². The molecule has 1 aliphatic rings. The molecular formula is C11H20ClNOS. The Bertz CT molecular complexity index is 215. The summed E-state index contributed by atoms with van der Waals surface area (Å²) in [7, 11) is 0. The summed E-state index contributed by atoms with van der Waals surface area (Å²) in [6.07, 6.45) is 6.34. The van der Waals surface area contributed by atoms with Crippen LogP contribution in [0.25, 0.3) is 0 Å². The Labute approximate surface area is 102 Å². The first-order valence-corrected chi connectivity index (χ1v) is 7.40. The van der Waals surface area contributed by atoms with E-state index in [1.165, 1.54) is 12.8 Å². The van der Waals surface area contributed by atoms with E-state index in [4.69, 9.17) is 11.6 Å². The molecule has 1 fully saturated rings. The number of hydrogen-bond donors (Lipinski definition) is 1. The molecule has 0 heterocycles. The number of carbonyl (C=O) groups excluding carboxylic acids is 1. The minimum Gasteiger partial charge on any atom is -0.349 e. The van der Waals surface area contributed by atoms with Gasteiger partial charge in [-0.15, -0.1) is 11.6 Å². The lowest BCUT2D eigenvalue weighted by Gasteiger charge is -2.38. The first-order valence-electron chi connectivity index (χ1n) is 5.48. The molecule has 0 atom stereocenters. The monoisotopic (exact) mass is 249 g/mol. The molecule has 1 N–H and O–H groups in total. The number of rotatable bonds is 4. The van der Waals surface area contributed by atoms with Crippen LogP contribution in [0, 0.1) is 5.92 Å². The number of thioether (sulfide) groups is 1. The van der Waals surface area contributed by atoms with Gasteiger partial charge < -0.3 is 5.32 Å². The van der Waals surface area contributed by atoms with E-state index in [9.17, 15) is 4.79 Å². The lowest BCUT2D eigenvalue weighted by molar-refractivity contribution is -0.120. The Morgan fingerprint density at radius 2 is 2.13 bits per heavy atom. The van der Waals surface area contributed by atoms with Crippen LogP contribution in [-0.2, 0) is 4.79 Å². The van der Waals surface area contributed by atoms with Crippen molar-refractivity contribution in [3.05, 3.63) is 0 Å². The predicted molar refractivity (Wildman–Crippen MR) is 67.6 cm³/mol. The molecule has 0 unspecified atom stereocenters. The van der Waals surface area contributed by atoms with Crippen LogP contribution in [-0.4, -0.2) is 29.3 Å². The number of nitrogens with one attached hydrogen (secondary N) is 1. The highest BCUT2D eigenvalue weighted by atomic mass is 35.5. The second-order valence-electron chi connectivity index (χ2n) is 4.58. The highest BCUT2D eigenvalue weighted by Crippen LogP contribution is 2.32. The zero-order chi connectivity index (χ0) is 11.3. The maximum absolute atomic E-state index is 11.6. The quantitative estimate of drug-likeness (QED) is 0.777. The van der Waals surface area contributed by atoms with E-state index in [1.807, 2.05) is 6.26 Å². The van der Waals surface area contributed by atoms with Crippen LogP contribution in [0.4, 0.5) is 0 Å². The van der Waals surface area contributed by atoms with Gasteiger partial charge >= 0.3 is 0 Å². The van der Waals surface area contributed by atoms with Crippen molar-refractivity contribution in [3.8, 4) is 0 Å². The van der Waals surface area contributed by atoms with Gasteiger partial charge in [0.25, 0.3) is 0 Å². The van der Waals surface area contributed by atoms with Gasteiger partial charge in [0.2, 0.25) is 5.91 Å². The number of amides is 1. The van der Waals surface area contributed by atoms with Gasteiger partial charge in [-0.1, -0.05) is 6.92 Å². The Kier molecular flexibility index (Phi) is 5.27. The van der Waals surface area contributed by atoms with Crippen LogP contribution < -0.4 is 5.32 Å². The number of halogens is 1. The zero-order valence-corrected chi connectivity index (χ0v) is 11.1. The van der Waals surface area contributed by atoms with Crippen molar-refractivity contribution in [1.82, 2.24) is 5.32 Å². The van der Waals surface area contributed by atoms with Gasteiger partial charge in [0.05, 0.1) is 11.3 Å². The predicted octanol–water partition coefficient (Wildman–Crippen LogP) is 2.65. The molecule has 1 amide bonds. The van der Waals surface area contributed by atoms with Gasteiger partial charge in [-0.25, -0.2) is 0 Å². The lowest BCUT2D eigenvalue weighted by atomic mass is 9.78. The Hall–Kier alpha value is 0.110. The number of hydrogen-bond acceptors (Lipinski definition) is 2. The molecule has 0 aromatic heterocycles. The van der Waals surface area contributed by atoms with Crippen molar-refractivity contribution >= 4 is 29.3 Å². The molecule has 1 rings (SSSR count). The molecule has 4 heteroatoms. The van der Waals surface area contributed by atoms with E-state index in [-0.39, 0.29) is 11.4 Å². The van der Waals surface area contributed by atoms with E-state index in [0.29, 0.717) is 11.6 Å². The second-order valence-corrected chi connectivity index (χ2v) is 5.71. The maximum Gasteiger partial charge on any atom is 0.230 e. The van der Waals surface area contributed by atoms with Crippen LogP contribution >= 0.6 is 23.4 Å². The molecule has 15 heavy (non-hydrogen) atoms. The van der Waals surface area contributed by atoms with E-state index in [2.05, 4.69) is 12.2 Å². The van der Waals surface area contributed by atoms with Crippen LogP contribution in [0.3, 0.4) is 0 Å². The third kappa shape index (κ3) is 3.87. The van der Waals surface area contributed by atoms with Gasteiger partial charge in [0.1, 0.15) is 0 Å². The first-order chi connectivity index (χ1) is 7.12. The summed E-state index contributed by atoms with van der Waals surface area (Å²) in [5.41, 5.74) is -0.124. The summed E-state index contributed by atoms with van der Waals surface area (Å²) in [5, 5.41) is 3.11. The molecule has 0 bridgehead atoms.